The first-order valence-corrected chi connectivity index (χ1v) is 12.2. The van der Waals surface area contributed by atoms with Gasteiger partial charge in [-0.05, 0) is 66.3 Å². The fourth-order valence-corrected chi connectivity index (χ4v) is 5.21. The van der Waals surface area contributed by atoms with Crippen LogP contribution in [0.1, 0.15) is 34.3 Å². The van der Waals surface area contributed by atoms with Crippen LogP contribution in [0.5, 0.6) is 0 Å². The summed E-state index contributed by atoms with van der Waals surface area (Å²) >= 11 is 0. The van der Waals surface area contributed by atoms with Gasteiger partial charge in [0.15, 0.2) is 0 Å². The van der Waals surface area contributed by atoms with Gasteiger partial charge in [0, 0.05) is 17.0 Å². The zero-order chi connectivity index (χ0) is 22.3. The summed E-state index contributed by atoms with van der Waals surface area (Å²) in [6, 6.07) is 20.6. The van der Waals surface area contributed by atoms with Crippen LogP contribution >= 0.6 is 0 Å². The highest BCUT2D eigenvalue weighted by Gasteiger charge is 2.24. The Morgan fingerprint density at radius 3 is 2.59 bits per heavy atom. The fourth-order valence-electron chi connectivity index (χ4n) is 3.81. The van der Waals surface area contributed by atoms with Crippen molar-refractivity contribution in [2.24, 2.45) is 0 Å². The quantitative estimate of drug-likeness (QED) is 0.480. The standard InChI is InChI=1S/C25H23N3O3S/c1-17-7-8-20(25(29)27-22-10-11-22)14-23(17)19-9-12-24-21(13-19)15-26-28(24)32(30,31)16-18-5-3-2-4-6-18/h2-9,12-15,22H,10-11,16H2,1H3,(H,27,29). The number of benzene rings is 3. The van der Waals surface area contributed by atoms with E-state index in [2.05, 4.69) is 10.4 Å². The second-order valence-corrected chi connectivity index (χ2v) is 10.1. The highest BCUT2D eigenvalue weighted by atomic mass is 32.2. The van der Waals surface area contributed by atoms with Gasteiger partial charge < -0.3 is 5.32 Å². The molecular weight excluding hydrogens is 422 g/mol. The Morgan fingerprint density at radius 1 is 1.06 bits per heavy atom. The minimum Gasteiger partial charge on any atom is -0.349 e. The number of hydrogen-bond donors (Lipinski definition) is 1. The molecular formula is C25H23N3O3S. The summed E-state index contributed by atoms with van der Waals surface area (Å²) in [5.41, 5.74) is 4.76. The van der Waals surface area contributed by atoms with E-state index in [1.54, 1.807) is 24.4 Å². The van der Waals surface area contributed by atoms with Gasteiger partial charge in [-0.1, -0.05) is 42.5 Å². The predicted molar refractivity (Wildman–Crippen MR) is 125 cm³/mol. The number of fused-ring (bicyclic) bond motifs is 1. The monoisotopic (exact) mass is 445 g/mol. The van der Waals surface area contributed by atoms with Crippen LogP contribution in [0.3, 0.4) is 0 Å². The summed E-state index contributed by atoms with van der Waals surface area (Å²) < 4.78 is 27.0. The van der Waals surface area contributed by atoms with E-state index in [9.17, 15) is 13.2 Å². The molecule has 0 saturated heterocycles. The Hall–Kier alpha value is -3.45. The molecule has 3 aromatic carbocycles. The number of amides is 1. The molecule has 1 aliphatic carbocycles. The number of aryl methyl sites for hydroxylation is 1. The van der Waals surface area contributed by atoms with Gasteiger partial charge >= 0.3 is 0 Å². The third-order valence-electron chi connectivity index (χ3n) is 5.71. The third-order valence-corrected chi connectivity index (χ3v) is 7.23. The first-order valence-electron chi connectivity index (χ1n) is 10.6. The van der Waals surface area contributed by atoms with Gasteiger partial charge in [0.2, 0.25) is 0 Å². The molecule has 6 nitrogen and oxygen atoms in total. The first kappa shape index (κ1) is 20.5. The molecule has 1 aromatic heterocycles. The van der Waals surface area contributed by atoms with Crippen molar-refractivity contribution < 1.29 is 13.2 Å². The molecule has 0 bridgehead atoms. The Balaban J connectivity index is 1.48. The number of carbonyl (C=O) groups excluding carboxylic acids is 1. The van der Waals surface area contributed by atoms with Crippen molar-refractivity contribution in [2.75, 3.05) is 0 Å². The van der Waals surface area contributed by atoms with E-state index in [1.165, 1.54) is 0 Å². The number of nitrogens with zero attached hydrogens (tertiary/aromatic N) is 2. The number of hydrogen-bond acceptors (Lipinski definition) is 4. The zero-order valence-corrected chi connectivity index (χ0v) is 18.5. The summed E-state index contributed by atoms with van der Waals surface area (Å²) in [5.74, 6) is -0.182. The lowest BCUT2D eigenvalue weighted by atomic mass is 9.97. The number of carbonyl (C=O) groups is 1. The molecule has 0 atom stereocenters. The molecule has 0 aliphatic heterocycles. The number of rotatable bonds is 6. The lowest BCUT2D eigenvalue weighted by Crippen LogP contribution is -2.25. The van der Waals surface area contributed by atoms with Crippen LogP contribution in [0.4, 0.5) is 0 Å². The molecule has 1 fully saturated rings. The Morgan fingerprint density at radius 2 is 1.84 bits per heavy atom. The highest BCUT2D eigenvalue weighted by Crippen LogP contribution is 2.29. The molecule has 7 heteroatoms. The van der Waals surface area contributed by atoms with Crippen LogP contribution in [0.2, 0.25) is 0 Å². The maximum atomic E-state index is 13.0. The smallest absolute Gasteiger partial charge is 0.258 e. The van der Waals surface area contributed by atoms with Crippen LogP contribution in [0.25, 0.3) is 22.0 Å². The predicted octanol–water partition coefficient (Wildman–Crippen LogP) is 4.28. The highest BCUT2D eigenvalue weighted by molar-refractivity contribution is 7.89. The van der Waals surface area contributed by atoms with E-state index >= 15 is 0 Å². The third kappa shape index (κ3) is 4.03. The van der Waals surface area contributed by atoms with Crippen molar-refractivity contribution in [1.82, 2.24) is 14.5 Å². The van der Waals surface area contributed by atoms with E-state index in [0.29, 0.717) is 22.7 Å². The summed E-state index contributed by atoms with van der Waals surface area (Å²) in [6.45, 7) is 2.00. The lowest BCUT2D eigenvalue weighted by Gasteiger charge is -2.10. The molecule has 1 N–H and O–H groups in total. The minimum absolute atomic E-state index is 0.0605. The number of aromatic nitrogens is 2. The molecule has 1 saturated carbocycles. The lowest BCUT2D eigenvalue weighted by molar-refractivity contribution is 0.0951. The van der Waals surface area contributed by atoms with Crippen molar-refractivity contribution >= 4 is 26.8 Å². The van der Waals surface area contributed by atoms with Crippen molar-refractivity contribution in [3.63, 3.8) is 0 Å². The SMILES string of the molecule is Cc1ccc(C(=O)NC2CC2)cc1-c1ccc2c(cnn2S(=O)(=O)Cc2ccccc2)c1. The summed E-state index contributed by atoms with van der Waals surface area (Å²) in [7, 11) is -3.65. The molecule has 162 valence electrons. The van der Waals surface area contributed by atoms with Crippen LogP contribution in [-0.4, -0.2) is 29.6 Å². The van der Waals surface area contributed by atoms with Crippen LogP contribution in [0.15, 0.2) is 72.9 Å². The van der Waals surface area contributed by atoms with Crippen LogP contribution in [-0.2, 0) is 15.8 Å². The maximum Gasteiger partial charge on any atom is 0.258 e. The van der Waals surface area contributed by atoms with E-state index in [-0.39, 0.29) is 11.7 Å². The van der Waals surface area contributed by atoms with Gasteiger partial charge in [-0.2, -0.15) is 9.19 Å². The summed E-state index contributed by atoms with van der Waals surface area (Å²) in [6.07, 6.45) is 3.65. The second-order valence-electron chi connectivity index (χ2n) is 8.28. The van der Waals surface area contributed by atoms with Gasteiger partial charge in [-0.15, -0.1) is 0 Å². The Bertz CT molecular complexity index is 1420. The van der Waals surface area contributed by atoms with E-state index in [1.807, 2.05) is 55.5 Å². The topological polar surface area (TPSA) is 81.1 Å². The Kier molecular flexibility index (Phi) is 5.06. The molecule has 5 rings (SSSR count). The second kappa shape index (κ2) is 7.91. The van der Waals surface area contributed by atoms with Gasteiger partial charge in [0.1, 0.15) is 0 Å². The van der Waals surface area contributed by atoms with Gasteiger partial charge in [0.25, 0.3) is 15.9 Å². The minimum atomic E-state index is -3.65. The molecule has 0 unspecified atom stereocenters. The van der Waals surface area contributed by atoms with Crippen LogP contribution < -0.4 is 5.32 Å². The van der Waals surface area contributed by atoms with Gasteiger partial charge in [-0.3, -0.25) is 4.79 Å². The van der Waals surface area contributed by atoms with E-state index in [0.717, 1.165) is 39.0 Å². The maximum absolute atomic E-state index is 13.0. The molecule has 1 aliphatic rings. The molecule has 0 spiro atoms. The fraction of sp³-hybridized carbons (Fsp3) is 0.200. The average molecular weight is 446 g/mol. The van der Waals surface area contributed by atoms with Gasteiger partial charge in [-0.25, -0.2) is 8.42 Å². The van der Waals surface area contributed by atoms with Gasteiger partial charge in [0.05, 0.1) is 17.5 Å². The Labute approximate surface area is 186 Å². The normalized spacial score (nSPS) is 13.9. The first-order chi connectivity index (χ1) is 15.4. The van der Waals surface area contributed by atoms with Crippen molar-refractivity contribution in [1.29, 1.82) is 0 Å². The number of nitrogens with one attached hydrogen (secondary N) is 1. The van der Waals surface area contributed by atoms with E-state index in [4.69, 9.17) is 0 Å². The molecule has 4 aromatic rings. The molecule has 1 heterocycles. The molecule has 0 radical (unpaired) electrons. The average Bonchev–Trinajstić information content (AvgIpc) is 3.48. The van der Waals surface area contributed by atoms with Crippen LogP contribution in [0, 0.1) is 6.92 Å². The largest absolute Gasteiger partial charge is 0.349 e. The molecule has 32 heavy (non-hydrogen) atoms. The molecule has 1 amide bonds. The van der Waals surface area contributed by atoms with Crippen molar-refractivity contribution in [3.8, 4) is 11.1 Å². The summed E-state index contributed by atoms with van der Waals surface area (Å²) in [5, 5.41) is 7.92. The van der Waals surface area contributed by atoms with E-state index < -0.39 is 10.0 Å². The summed E-state index contributed by atoms with van der Waals surface area (Å²) in [4.78, 5) is 12.5. The van der Waals surface area contributed by atoms with Crippen molar-refractivity contribution in [3.05, 3.63) is 89.6 Å². The zero-order valence-electron chi connectivity index (χ0n) is 17.7. The van der Waals surface area contributed by atoms with Crippen molar-refractivity contribution in [2.45, 2.75) is 31.6 Å².